The summed E-state index contributed by atoms with van der Waals surface area (Å²) in [7, 11) is 0. The quantitative estimate of drug-likeness (QED) is 0.290. The van der Waals surface area contributed by atoms with Gasteiger partial charge in [0, 0.05) is 0 Å². The summed E-state index contributed by atoms with van der Waals surface area (Å²) in [6.07, 6.45) is 1.89. The Kier molecular flexibility index (Phi) is 7.27. The number of benzene rings is 4. The van der Waals surface area contributed by atoms with Gasteiger partial charge in [0.25, 0.3) is 0 Å². The van der Waals surface area contributed by atoms with E-state index in [1.54, 1.807) is 0 Å². The van der Waals surface area contributed by atoms with Gasteiger partial charge < -0.3 is 9.47 Å². The lowest BCUT2D eigenvalue weighted by atomic mass is 10.0. The Morgan fingerprint density at radius 1 is 0.433 bits per heavy atom. The lowest BCUT2D eigenvalue weighted by molar-refractivity contribution is 0.123. The van der Waals surface area contributed by atoms with E-state index >= 15 is 0 Å². The normalized spacial score (nSPS) is 11.1. The number of fused-ring (bicyclic) bond motifs is 1. The molecule has 30 heavy (non-hydrogen) atoms. The maximum Gasteiger partial charge on any atom is 0.0717 e. The highest BCUT2D eigenvalue weighted by molar-refractivity contribution is 5.83. The van der Waals surface area contributed by atoms with Crippen LogP contribution in [0.15, 0.2) is 97.1 Å². The molecule has 0 unspecified atom stereocenters. The number of rotatable bonds is 10. The van der Waals surface area contributed by atoms with Gasteiger partial charge >= 0.3 is 0 Å². The molecule has 0 amide bonds. The van der Waals surface area contributed by atoms with Crippen LogP contribution in [-0.2, 0) is 35.5 Å². The van der Waals surface area contributed by atoms with Crippen molar-refractivity contribution in [1.82, 2.24) is 0 Å². The molecule has 0 saturated carbocycles. The second-order valence-corrected chi connectivity index (χ2v) is 7.59. The van der Waals surface area contributed by atoms with Crippen molar-refractivity contribution >= 4 is 10.8 Å². The Morgan fingerprint density at radius 2 is 0.867 bits per heavy atom. The van der Waals surface area contributed by atoms with Gasteiger partial charge in [-0.25, -0.2) is 0 Å². The van der Waals surface area contributed by atoms with E-state index in [-0.39, 0.29) is 0 Å². The van der Waals surface area contributed by atoms with Gasteiger partial charge in [-0.15, -0.1) is 0 Å². The topological polar surface area (TPSA) is 18.5 Å². The lowest BCUT2D eigenvalue weighted by Crippen LogP contribution is -2.00. The molecule has 0 atom stereocenters. The van der Waals surface area contributed by atoms with Gasteiger partial charge in [0.05, 0.1) is 26.4 Å². The highest BCUT2D eigenvalue weighted by atomic mass is 16.5. The molecule has 0 saturated heterocycles. The van der Waals surface area contributed by atoms with Crippen molar-refractivity contribution in [1.29, 1.82) is 0 Å². The summed E-state index contributed by atoms with van der Waals surface area (Å²) < 4.78 is 11.8. The van der Waals surface area contributed by atoms with Crippen molar-refractivity contribution in [3.63, 3.8) is 0 Å². The number of hydrogen-bond donors (Lipinski definition) is 0. The summed E-state index contributed by atoms with van der Waals surface area (Å²) in [5.74, 6) is 0. The summed E-state index contributed by atoms with van der Waals surface area (Å²) in [4.78, 5) is 0. The predicted molar refractivity (Wildman–Crippen MR) is 124 cm³/mol. The molecule has 4 aromatic rings. The van der Waals surface area contributed by atoms with Crippen LogP contribution in [0.25, 0.3) is 10.8 Å². The largest absolute Gasteiger partial charge is 0.376 e. The molecule has 0 radical (unpaired) electrons. The fraction of sp³-hybridized carbons (Fsp3) is 0.214. The van der Waals surface area contributed by atoms with E-state index in [1.807, 2.05) is 12.1 Å². The lowest BCUT2D eigenvalue weighted by Gasteiger charge is -2.08. The van der Waals surface area contributed by atoms with Crippen molar-refractivity contribution in [2.45, 2.75) is 26.1 Å². The molecule has 2 nitrogen and oxygen atoms in total. The minimum atomic E-state index is 0.646. The third-order valence-corrected chi connectivity index (χ3v) is 5.26. The van der Waals surface area contributed by atoms with Crippen molar-refractivity contribution in [3.05, 3.63) is 119 Å². The Bertz CT molecular complexity index is 955. The van der Waals surface area contributed by atoms with Crippen molar-refractivity contribution in [2.75, 3.05) is 13.2 Å². The van der Waals surface area contributed by atoms with Gasteiger partial charge in [0.15, 0.2) is 0 Å². The summed E-state index contributed by atoms with van der Waals surface area (Å²) in [6, 6.07) is 34.0. The number of ether oxygens (including phenoxy) is 2. The zero-order valence-electron chi connectivity index (χ0n) is 17.3. The van der Waals surface area contributed by atoms with Gasteiger partial charge in [0.2, 0.25) is 0 Å². The molecule has 2 heteroatoms. The summed E-state index contributed by atoms with van der Waals surface area (Å²) in [5.41, 5.74) is 5.05. The summed E-state index contributed by atoms with van der Waals surface area (Å²) in [5, 5.41) is 2.49. The van der Waals surface area contributed by atoms with E-state index in [4.69, 9.17) is 9.47 Å². The highest BCUT2D eigenvalue weighted by Gasteiger charge is 2.01. The smallest absolute Gasteiger partial charge is 0.0717 e. The predicted octanol–water partition coefficient (Wildman–Crippen LogP) is 6.36. The molecule has 0 aromatic heterocycles. The van der Waals surface area contributed by atoms with Crippen LogP contribution in [0.1, 0.15) is 22.3 Å². The first-order valence-corrected chi connectivity index (χ1v) is 10.6. The monoisotopic (exact) mass is 396 g/mol. The van der Waals surface area contributed by atoms with Gasteiger partial charge in [-0.3, -0.25) is 0 Å². The van der Waals surface area contributed by atoms with E-state index < -0.39 is 0 Å². The molecule has 0 aliphatic rings. The molecular weight excluding hydrogens is 368 g/mol. The van der Waals surface area contributed by atoms with Crippen LogP contribution in [0.5, 0.6) is 0 Å². The van der Waals surface area contributed by atoms with Crippen molar-refractivity contribution in [3.8, 4) is 0 Å². The molecule has 152 valence electrons. The zero-order chi connectivity index (χ0) is 20.4. The van der Waals surface area contributed by atoms with Crippen LogP contribution in [-0.4, -0.2) is 13.2 Å². The Balaban J connectivity index is 1.24. The maximum absolute atomic E-state index is 5.88. The van der Waals surface area contributed by atoms with E-state index in [0.717, 1.165) is 26.1 Å². The fourth-order valence-electron chi connectivity index (χ4n) is 3.57. The Hall–Kier alpha value is -2.94. The molecular formula is C28H28O2. The van der Waals surface area contributed by atoms with E-state index in [1.165, 1.54) is 33.0 Å². The van der Waals surface area contributed by atoms with E-state index in [9.17, 15) is 0 Å². The molecule has 0 aliphatic heterocycles. The average Bonchev–Trinajstić information content (AvgIpc) is 2.81. The van der Waals surface area contributed by atoms with Gasteiger partial charge in [-0.2, -0.15) is 0 Å². The molecule has 0 bridgehead atoms. The Morgan fingerprint density at radius 3 is 1.30 bits per heavy atom. The minimum absolute atomic E-state index is 0.646. The summed E-state index contributed by atoms with van der Waals surface area (Å²) in [6.45, 7) is 2.77. The molecule has 0 fully saturated rings. The van der Waals surface area contributed by atoms with E-state index in [0.29, 0.717) is 13.2 Å². The minimum Gasteiger partial charge on any atom is -0.376 e. The number of hydrogen-bond acceptors (Lipinski definition) is 2. The molecule has 0 aliphatic carbocycles. The van der Waals surface area contributed by atoms with Crippen LogP contribution >= 0.6 is 0 Å². The first-order chi connectivity index (χ1) is 14.9. The van der Waals surface area contributed by atoms with Crippen LogP contribution < -0.4 is 0 Å². The SMILES string of the molecule is c1ccc(CCOCc2ccc3cc(COCCc4ccccc4)ccc3c2)cc1. The van der Waals surface area contributed by atoms with Gasteiger partial charge in [0.1, 0.15) is 0 Å². The zero-order valence-corrected chi connectivity index (χ0v) is 17.3. The van der Waals surface area contributed by atoms with Crippen molar-refractivity contribution < 1.29 is 9.47 Å². The van der Waals surface area contributed by atoms with Crippen LogP contribution in [0, 0.1) is 0 Å². The fourth-order valence-corrected chi connectivity index (χ4v) is 3.57. The standard InChI is InChI=1S/C28H28O2/c1-3-7-23(8-4-1)15-17-29-21-25-11-13-28-20-26(12-14-27(28)19-25)22-30-18-16-24-9-5-2-6-10-24/h1-14,19-20H,15-18,21-22H2. The molecule has 0 spiro atoms. The van der Waals surface area contributed by atoms with Gasteiger partial charge in [-0.1, -0.05) is 84.9 Å². The maximum atomic E-state index is 5.88. The third-order valence-electron chi connectivity index (χ3n) is 5.26. The Labute approximate surface area is 179 Å². The third kappa shape index (κ3) is 6.03. The van der Waals surface area contributed by atoms with Crippen LogP contribution in [0.2, 0.25) is 0 Å². The average molecular weight is 397 g/mol. The highest BCUT2D eigenvalue weighted by Crippen LogP contribution is 2.19. The van der Waals surface area contributed by atoms with E-state index in [2.05, 4.69) is 84.9 Å². The second kappa shape index (κ2) is 10.7. The molecule has 4 aromatic carbocycles. The molecule has 0 heterocycles. The summed E-state index contributed by atoms with van der Waals surface area (Å²) >= 11 is 0. The molecule has 0 N–H and O–H groups in total. The first-order valence-electron chi connectivity index (χ1n) is 10.6. The van der Waals surface area contributed by atoms with Crippen LogP contribution in [0.3, 0.4) is 0 Å². The molecule has 4 rings (SSSR count). The van der Waals surface area contributed by atoms with Crippen molar-refractivity contribution in [2.24, 2.45) is 0 Å². The van der Waals surface area contributed by atoms with Crippen LogP contribution in [0.4, 0.5) is 0 Å². The second-order valence-electron chi connectivity index (χ2n) is 7.59. The van der Waals surface area contributed by atoms with Gasteiger partial charge in [-0.05, 0) is 58.0 Å². The first kappa shape index (κ1) is 20.3.